The minimum absolute atomic E-state index is 0.0910. The van der Waals surface area contributed by atoms with Crippen LogP contribution < -0.4 is 0 Å². The van der Waals surface area contributed by atoms with E-state index >= 15 is 0 Å². The molecule has 1 fully saturated rings. The van der Waals surface area contributed by atoms with Crippen molar-refractivity contribution in [3.05, 3.63) is 34.9 Å². The fourth-order valence-electron chi connectivity index (χ4n) is 2.10. The third-order valence-electron chi connectivity index (χ3n) is 3.06. The highest BCUT2D eigenvalue weighted by Gasteiger charge is 2.27. The van der Waals surface area contributed by atoms with Crippen LogP contribution in [0.2, 0.25) is 0 Å². The summed E-state index contributed by atoms with van der Waals surface area (Å²) in [5.41, 5.74) is 3.91. The van der Waals surface area contributed by atoms with Crippen LogP contribution in [0, 0.1) is 0 Å². The van der Waals surface area contributed by atoms with E-state index in [0.717, 1.165) is 16.8 Å². The van der Waals surface area contributed by atoms with Gasteiger partial charge in [-0.1, -0.05) is 23.4 Å². The summed E-state index contributed by atoms with van der Waals surface area (Å²) in [7, 11) is 0. The lowest BCUT2D eigenvalue weighted by Gasteiger charge is -2.12. The Balaban J connectivity index is 2.28. The average Bonchev–Trinajstić information content (AvgIpc) is 3.12. The van der Waals surface area contributed by atoms with Gasteiger partial charge in [0.1, 0.15) is 6.61 Å². The molecule has 0 atom stereocenters. The van der Waals surface area contributed by atoms with E-state index in [1.54, 1.807) is 6.92 Å². The smallest absolute Gasteiger partial charge is 0.160 e. The van der Waals surface area contributed by atoms with Crippen LogP contribution in [0.4, 0.5) is 0 Å². The van der Waals surface area contributed by atoms with Crippen molar-refractivity contribution >= 4 is 11.5 Å². The second-order valence-corrected chi connectivity index (χ2v) is 5.02. The Morgan fingerprint density at radius 2 is 2.06 bits per heavy atom. The van der Waals surface area contributed by atoms with Crippen LogP contribution in [0.15, 0.2) is 23.4 Å². The highest BCUT2D eigenvalue weighted by molar-refractivity contribution is 5.95. The second-order valence-electron chi connectivity index (χ2n) is 5.02. The molecule has 0 heterocycles. The number of oxime groups is 1. The molecule has 0 aliphatic heterocycles. The van der Waals surface area contributed by atoms with Crippen LogP contribution in [0.5, 0.6) is 0 Å². The highest BCUT2D eigenvalue weighted by atomic mass is 16.6. The molecular weight excluding hydrogens is 226 g/mol. The summed E-state index contributed by atoms with van der Waals surface area (Å²) in [6.07, 6.45) is 2.43. The number of hydrogen-bond donors (Lipinski definition) is 0. The largest absolute Gasteiger partial charge is 0.391 e. The number of carbonyl (C=O) groups is 1. The first-order valence-corrected chi connectivity index (χ1v) is 6.35. The van der Waals surface area contributed by atoms with Crippen molar-refractivity contribution in [2.75, 3.05) is 0 Å². The maximum atomic E-state index is 11.7. The van der Waals surface area contributed by atoms with E-state index in [9.17, 15) is 4.79 Å². The SMILES string of the molecule is CC(=O)c1cccc(C2CC2)c1CON=C(C)C. The molecule has 0 saturated heterocycles. The van der Waals surface area contributed by atoms with Gasteiger partial charge >= 0.3 is 0 Å². The van der Waals surface area contributed by atoms with Crippen molar-refractivity contribution in [1.29, 1.82) is 0 Å². The molecule has 2 rings (SSSR count). The van der Waals surface area contributed by atoms with Crippen molar-refractivity contribution in [1.82, 2.24) is 0 Å². The molecule has 1 saturated carbocycles. The molecule has 3 heteroatoms. The average molecular weight is 245 g/mol. The van der Waals surface area contributed by atoms with Crippen molar-refractivity contribution in [2.45, 2.75) is 46.1 Å². The molecule has 18 heavy (non-hydrogen) atoms. The molecule has 0 radical (unpaired) electrons. The predicted molar refractivity (Wildman–Crippen MR) is 72.0 cm³/mol. The molecule has 0 amide bonds. The van der Waals surface area contributed by atoms with E-state index in [1.807, 2.05) is 26.0 Å². The standard InChI is InChI=1S/C15H19NO2/c1-10(2)16-18-9-15-13(11(3)17)5-4-6-14(15)12-7-8-12/h4-6,12H,7-9H2,1-3H3. The van der Waals surface area contributed by atoms with Gasteiger partial charge in [-0.3, -0.25) is 4.79 Å². The summed E-state index contributed by atoms with van der Waals surface area (Å²) >= 11 is 0. The molecule has 0 N–H and O–H groups in total. The number of rotatable bonds is 5. The van der Waals surface area contributed by atoms with Gasteiger partial charge < -0.3 is 4.84 Å². The van der Waals surface area contributed by atoms with E-state index in [1.165, 1.54) is 18.4 Å². The lowest BCUT2D eigenvalue weighted by atomic mass is 9.96. The number of carbonyl (C=O) groups excluding carboxylic acids is 1. The monoisotopic (exact) mass is 245 g/mol. The molecule has 1 aromatic rings. The van der Waals surface area contributed by atoms with Gasteiger partial charge in [0.05, 0.1) is 5.71 Å². The normalized spacial score (nSPS) is 14.2. The molecular formula is C15H19NO2. The predicted octanol–water partition coefficient (Wildman–Crippen LogP) is 3.68. The van der Waals surface area contributed by atoms with Gasteiger partial charge in [0.2, 0.25) is 0 Å². The summed E-state index contributed by atoms with van der Waals surface area (Å²) in [5, 5.41) is 3.95. The number of hydrogen-bond acceptors (Lipinski definition) is 3. The summed E-state index contributed by atoms with van der Waals surface area (Å²) < 4.78 is 0. The van der Waals surface area contributed by atoms with Crippen LogP contribution >= 0.6 is 0 Å². The number of benzene rings is 1. The Hall–Kier alpha value is -1.64. The van der Waals surface area contributed by atoms with Gasteiger partial charge in [0.15, 0.2) is 5.78 Å². The first-order valence-electron chi connectivity index (χ1n) is 6.35. The molecule has 1 aliphatic carbocycles. The minimum atomic E-state index is 0.0910. The third kappa shape index (κ3) is 2.97. The van der Waals surface area contributed by atoms with Gasteiger partial charge in [-0.05, 0) is 45.1 Å². The van der Waals surface area contributed by atoms with Crippen LogP contribution in [-0.2, 0) is 11.4 Å². The zero-order chi connectivity index (χ0) is 13.1. The molecule has 0 unspecified atom stereocenters. The van der Waals surface area contributed by atoms with Crippen LogP contribution in [0.25, 0.3) is 0 Å². The van der Waals surface area contributed by atoms with E-state index in [0.29, 0.717) is 12.5 Å². The van der Waals surface area contributed by atoms with Gasteiger partial charge in [-0.2, -0.15) is 0 Å². The topological polar surface area (TPSA) is 38.7 Å². The Morgan fingerprint density at radius 3 is 2.61 bits per heavy atom. The first-order chi connectivity index (χ1) is 8.59. The van der Waals surface area contributed by atoms with Crippen LogP contribution in [0.1, 0.15) is 61.0 Å². The van der Waals surface area contributed by atoms with E-state index in [2.05, 4.69) is 11.2 Å². The Bertz CT molecular complexity index is 483. The second kappa shape index (κ2) is 5.34. The minimum Gasteiger partial charge on any atom is -0.391 e. The number of ketones is 1. The van der Waals surface area contributed by atoms with Crippen molar-refractivity contribution in [3.63, 3.8) is 0 Å². The fraction of sp³-hybridized carbons (Fsp3) is 0.467. The molecule has 0 aromatic heterocycles. The summed E-state index contributed by atoms with van der Waals surface area (Å²) in [5.74, 6) is 0.697. The highest BCUT2D eigenvalue weighted by Crippen LogP contribution is 2.42. The molecule has 1 aromatic carbocycles. The maximum absolute atomic E-state index is 11.7. The summed E-state index contributed by atoms with van der Waals surface area (Å²) in [6, 6.07) is 5.93. The lowest BCUT2D eigenvalue weighted by Crippen LogP contribution is -2.04. The maximum Gasteiger partial charge on any atom is 0.160 e. The number of Topliss-reactive ketones (excluding diaryl/α,β-unsaturated/α-hetero) is 1. The third-order valence-corrected chi connectivity index (χ3v) is 3.06. The molecule has 3 nitrogen and oxygen atoms in total. The number of nitrogens with zero attached hydrogens (tertiary/aromatic N) is 1. The summed E-state index contributed by atoms with van der Waals surface area (Å²) in [4.78, 5) is 17.0. The molecule has 96 valence electrons. The van der Waals surface area contributed by atoms with Gasteiger partial charge in [0.25, 0.3) is 0 Å². The Morgan fingerprint density at radius 1 is 1.33 bits per heavy atom. The van der Waals surface area contributed by atoms with Crippen LogP contribution in [-0.4, -0.2) is 11.5 Å². The molecule has 1 aliphatic rings. The molecule has 0 bridgehead atoms. The van der Waals surface area contributed by atoms with Gasteiger partial charge in [0, 0.05) is 11.1 Å². The summed E-state index contributed by atoms with van der Waals surface area (Å²) in [6.45, 7) is 5.76. The first kappa shape index (κ1) is 12.8. The zero-order valence-corrected chi connectivity index (χ0v) is 11.2. The Labute approximate surface area is 108 Å². The van der Waals surface area contributed by atoms with E-state index in [4.69, 9.17) is 4.84 Å². The Kier molecular flexibility index (Phi) is 3.80. The fourth-order valence-corrected chi connectivity index (χ4v) is 2.10. The lowest BCUT2D eigenvalue weighted by molar-refractivity contribution is 0.100. The van der Waals surface area contributed by atoms with E-state index in [-0.39, 0.29) is 5.78 Å². The van der Waals surface area contributed by atoms with Gasteiger partial charge in [-0.15, -0.1) is 0 Å². The van der Waals surface area contributed by atoms with Crippen molar-refractivity contribution < 1.29 is 9.63 Å². The van der Waals surface area contributed by atoms with Crippen molar-refractivity contribution in [2.24, 2.45) is 5.16 Å². The zero-order valence-electron chi connectivity index (χ0n) is 11.2. The van der Waals surface area contributed by atoms with E-state index < -0.39 is 0 Å². The van der Waals surface area contributed by atoms with Crippen molar-refractivity contribution in [3.8, 4) is 0 Å². The quantitative estimate of drug-likeness (QED) is 0.451. The van der Waals surface area contributed by atoms with Gasteiger partial charge in [-0.25, -0.2) is 0 Å². The van der Waals surface area contributed by atoms with Crippen LogP contribution in [0.3, 0.4) is 0 Å². The molecule has 0 spiro atoms.